The second kappa shape index (κ2) is 5.68. The summed E-state index contributed by atoms with van der Waals surface area (Å²) in [6.07, 6.45) is 2.98. The van der Waals surface area contributed by atoms with Gasteiger partial charge in [0.05, 0.1) is 7.11 Å². The van der Waals surface area contributed by atoms with Gasteiger partial charge in [0, 0.05) is 12.1 Å². The standard InChI is InChI=1S/C15H21N3O2/c1-10(17)6-15(2)7-12(8-15)20-14-11(9-16)4-5-13(18-14)19-3/h4-5,10,12H,6-8,17H2,1-3H3/t10-,12-,15+/m1/s1. The van der Waals surface area contributed by atoms with Crippen molar-refractivity contribution in [3.05, 3.63) is 17.7 Å². The Hall–Kier alpha value is -1.80. The Kier molecular flexibility index (Phi) is 4.15. The van der Waals surface area contributed by atoms with Gasteiger partial charge in [0.15, 0.2) is 0 Å². The zero-order valence-electron chi connectivity index (χ0n) is 12.2. The second-order valence-electron chi connectivity index (χ2n) is 5.96. The van der Waals surface area contributed by atoms with Crippen molar-refractivity contribution in [1.82, 2.24) is 4.98 Å². The van der Waals surface area contributed by atoms with E-state index in [0.717, 1.165) is 19.3 Å². The largest absolute Gasteiger partial charge is 0.481 e. The molecule has 1 atom stereocenters. The first kappa shape index (κ1) is 14.6. The van der Waals surface area contributed by atoms with Crippen molar-refractivity contribution in [2.24, 2.45) is 11.1 Å². The molecule has 0 spiro atoms. The average Bonchev–Trinajstić information content (AvgIpc) is 2.35. The Labute approximate surface area is 119 Å². The molecule has 1 aromatic heterocycles. The molecule has 0 bridgehead atoms. The number of ether oxygens (including phenoxy) is 2. The number of aromatic nitrogens is 1. The van der Waals surface area contributed by atoms with Gasteiger partial charge in [-0.25, -0.2) is 0 Å². The normalized spacial score (nSPS) is 26.2. The molecule has 0 unspecified atom stereocenters. The average molecular weight is 275 g/mol. The molecule has 0 saturated heterocycles. The Balaban J connectivity index is 2.01. The number of nitrogens with zero attached hydrogens (tertiary/aromatic N) is 2. The minimum atomic E-state index is 0.102. The van der Waals surface area contributed by atoms with E-state index in [0.29, 0.717) is 17.3 Å². The number of hydrogen-bond donors (Lipinski definition) is 1. The number of methoxy groups -OCH3 is 1. The number of pyridine rings is 1. The molecule has 1 fully saturated rings. The fourth-order valence-corrected chi connectivity index (χ4v) is 2.94. The van der Waals surface area contributed by atoms with Crippen LogP contribution < -0.4 is 15.2 Å². The number of nitrogens with two attached hydrogens (primary N) is 1. The highest BCUT2D eigenvalue weighted by molar-refractivity contribution is 5.40. The maximum atomic E-state index is 9.08. The first-order valence-electron chi connectivity index (χ1n) is 6.83. The van der Waals surface area contributed by atoms with E-state index in [9.17, 15) is 0 Å². The zero-order valence-corrected chi connectivity index (χ0v) is 12.2. The molecule has 0 aromatic carbocycles. The molecule has 108 valence electrons. The third-order valence-corrected chi connectivity index (χ3v) is 3.70. The molecule has 1 heterocycles. The van der Waals surface area contributed by atoms with E-state index >= 15 is 0 Å². The van der Waals surface area contributed by atoms with Crippen molar-refractivity contribution in [3.8, 4) is 17.8 Å². The lowest BCUT2D eigenvalue weighted by molar-refractivity contribution is -0.0137. The molecule has 1 aromatic rings. The summed E-state index contributed by atoms with van der Waals surface area (Å²) in [5, 5.41) is 9.08. The molecule has 0 amide bonds. The van der Waals surface area contributed by atoms with Gasteiger partial charge in [-0.2, -0.15) is 10.2 Å². The Bertz CT molecular complexity index is 516. The Morgan fingerprint density at radius 1 is 1.55 bits per heavy atom. The van der Waals surface area contributed by atoms with Gasteiger partial charge in [-0.15, -0.1) is 0 Å². The topological polar surface area (TPSA) is 81.2 Å². The first-order chi connectivity index (χ1) is 9.45. The van der Waals surface area contributed by atoms with Crippen molar-refractivity contribution in [2.45, 2.75) is 45.3 Å². The minimum Gasteiger partial charge on any atom is -0.481 e. The van der Waals surface area contributed by atoms with Crippen LogP contribution in [0.1, 0.15) is 38.7 Å². The van der Waals surface area contributed by atoms with Crippen LogP contribution in [0.4, 0.5) is 0 Å². The van der Waals surface area contributed by atoms with Crippen LogP contribution in [0.5, 0.6) is 11.8 Å². The van der Waals surface area contributed by atoms with E-state index in [-0.39, 0.29) is 17.6 Å². The van der Waals surface area contributed by atoms with Crippen LogP contribution in [-0.2, 0) is 0 Å². The Morgan fingerprint density at radius 2 is 2.25 bits per heavy atom. The molecule has 2 rings (SSSR count). The zero-order chi connectivity index (χ0) is 14.8. The van der Waals surface area contributed by atoms with Crippen molar-refractivity contribution in [2.75, 3.05) is 7.11 Å². The summed E-state index contributed by atoms with van der Waals surface area (Å²) in [5.74, 6) is 0.816. The van der Waals surface area contributed by atoms with E-state index in [1.54, 1.807) is 19.2 Å². The lowest BCUT2D eigenvalue weighted by Gasteiger charge is -2.45. The fraction of sp³-hybridized carbons (Fsp3) is 0.600. The maximum absolute atomic E-state index is 9.08. The summed E-state index contributed by atoms with van der Waals surface area (Å²) >= 11 is 0. The van der Waals surface area contributed by atoms with Gasteiger partial charge in [-0.1, -0.05) is 6.92 Å². The van der Waals surface area contributed by atoms with Gasteiger partial charge in [0.2, 0.25) is 11.8 Å². The smallest absolute Gasteiger partial charge is 0.235 e. The highest BCUT2D eigenvalue weighted by Crippen LogP contribution is 2.46. The molecule has 5 heteroatoms. The van der Waals surface area contributed by atoms with E-state index in [1.165, 1.54) is 0 Å². The molecule has 2 N–H and O–H groups in total. The van der Waals surface area contributed by atoms with Crippen LogP contribution in [0.25, 0.3) is 0 Å². The summed E-state index contributed by atoms with van der Waals surface area (Å²) in [6.45, 7) is 4.25. The summed E-state index contributed by atoms with van der Waals surface area (Å²) in [5.41, 5.74) is 6.53. The molecule has 1 aliphatic rings. The van der Waals surface area contributed by atoms with Gasteiger partial charge in [0.1, 0.15) is 17.7 Å². The SMILES string of the molecule is COc1ccc(C#N)c(O[C@H]2C[C@@](C)(C[C@@H](C)N)C2)n1. The number of rotatable bonds is 5. The summed E-state index contributed by atoms with van der Waals surface area (Å²) in [6, 6.07) is 5.62. The molecule has 0 aliphatic heterocycles. The maximum Gasteiger partial charge on any atom is 0.235 e. The predicted octanol–water partition coefficient (Wildman–Crippen LogP) is 2.25. The number of hydrogen-bond acceptors (Lipinski definition) is 5. The summed E-state index contributed by atoms with van der Waals surface area (Å²) in [7, 11) is 1.54. The van der Waals surface area contributed by atoms with E-state index < -0.39 is 0 Å². The minimum absolute atomic E-state index is 0.102. The van der Waals surface area contributed by atoms with Gasteiger partial charge < -0.3 is 15.2 Å². The van der Waals surface area contributed by atoms with Crippen LogP contribution in [0.3, 0.4) is 0 Å². The van der Waals surface area contributed by atoms with Crippen LogP contribution >= 0.6 is 0 Å². The van der Waals surface area contributed by atoms with Crippen LogP contribution in [0.15, 0.2) is 12.1 Å². The molecule has 20 heavy (non-hydrogen) atoms. The molecule has 1 aliphatic carbocycles. The lowest BCUT2D eigenvalue weighted by Crippen LogP contribution is -2.45. The molecule has 1 saturated carbocycles. The summed E-state index contributed by atoms with van der Waals surface area (Å²) in [4.78, 5) is 4.20. The quantitative estimate of drug-likeness (QED) is 0.891. The van der Waals surface area contributed by atoms with E-state index in [2.05, 4.69) is 18.0 Å². The highest BCUT2D eigenvalue weighted by Gasteiger charge is 2.42. The van der Waals surface area contributed by atoms with Crippen molar-refractivity contribution >= 4 is 0 Å². The van der Waals surface area contributed by atoms with Crippen LogP contribution in [0.2, 0.25) is 0 Å². The molecule has 0 radical (unpaired) electrons. The van der Waals surface area contributed by atoms with Crippen molar-refractivity contribution in [1.29, 1.82) is 5.26 Å². The third-order valence-electron chi connectivity index (χ3n) is 3.70. The lowest BCUT2D eigenvalue weighted by atomic mass is 9.65. The van der Waals surface area contributed by atoms with Crippen molar-refractivity contribution in [3.63, 3.8) is 0 Å². The molecular formula is C15H21N3O2. The van der Waals surface area contributed by atoms with Gasteiger partial charge in [-0.05, 0) is 37.7 Å². The molecule has 5 nitrogen and oxygen atoms in total. The third kappa shape index (κ3) is 3.20. The fourth-order valence-electron chi connectivity index (χ4n) is 2.94. The van der Waals surface area contributed by atoms with Crippen molar-refractivity contribution < 1.29 is 9.47 Å². The predicted molar refractivity (Wildman–Crippen MR) is 75.5 cm³/mol. The van der Waals surface area contributed by atoms with Crippen LogP contribution in [-0.4, -0.2) is 24.2 Å². The highest BCUT2D eigenvalue weighted by atomic mass is 16.5. The van der Waals surface area contributed by atoms with Gasteiger partial charge >= 0.3 is 0 Å². The summed E-state index contributed by atoms with van der Waals surface area (Å²) < 4.78 is 10.9. The molecular weight excluding hydrogens is 254 g/mol. The Morgan fingerprint density at radius 3 is 2.80 bits per heavy atom. The number of nitriles is 1. The van der Waals surface area contributed by atoms with Gasteiger partial charge in [0.25, 0.3) is 0 Å². The monoisotopic (exact) mass is 275 g/mol. The van der Waals surface area contributed by atoms with Gasteiger partial charge in [-0.3, -0.25) is 0 Å². The van der Waals surface area contributed by atoms with Crippen LogP contribution in [0, 0.1) is 16.7 Å². The van der Waals surface area contributed by atoms with E-state index in [1.807, 2.05) is 6.92 Å². The first-order valence-corrected chi connectivity index (χ1v) is 6.83. The second-order valence-corrected chi connectivity index (χ2v) is 5.96. The van der Waals surface area contributed by atoms with E-state index in [4.69, 9.17) is 20.5 Å².